The van der Waals surface area contributed by atoms with Gasteiger partial charge < -0.3 is 15.2 Å². The van der Waals surface area contributed by atoms with E-state index >= 15 is 0 Å². The van der Waals surface area contributed by atoms with Crippen LogP contribution < -0.4 is 5.32 Å². The fourth-order valence-electron chi connectivity index (χ4n) is 1.45. The maximum Gasteiger partial charge on any atom is 0.244 e. The zero-order chi connectivity index (χ0) is 14.8. The molecule has 0 spiro atoms. The molecule has 6 heteroatoms. The molecule has 0 atom stereocenters. The fourth-order valence-corrected chi connectivity index (χ4v) is 2.00. The van der Waals surface area contributed by atoms with E-state index in [9.17, 15) is 4.79 Å². The summed E-state index contributed by atoms with van der Waals surface area (Å²) < 4.78 is 5.07. The van der Waals surface area contributed by atoms with E-state index in [1.807, 2.05) is 0 Å². The van der Waals surface area contributed by atoms with Crippen molar-refractivity contribution in [3.05, 3.63) is 39.9 Å². The minimum atomic E-state index is -0.191. The molecule has 0 saturated heterocycles. The first-order valence-electron chi connectivity index (χ1n) is 6.22. The minimum Gasteiger partial charge on any atom is -0.394 e. The van der Waals surface area contributed by atoms with Crippen LogP contribution in [0.3, 0.4) is 0 Å². The van der Waals surface area contributed by atoms with Crippen molar-refractivity contribution in [2.45, 2.75) is 6.42 Å². The van der Waals surface area contributed by atoms with Gasteiger partial charge in [-0.3, -0.25) is 4.79 Å². The van der Waals surface area contributed by atoms with Gasteiger partial charge in [-0.1, -0.05) is 23.2 Å². The number of carbonyl (C=O) groups is 1. The fraction of sp³-hybridized carbons (Fsp3) is 0.357. The van der Waals surface area contributed by atoms with Gasteiger partial charge in [-0.15, -0.1) is 0 Å². The summed E-state index contributed by atoms with van der Waals surface area (Å²) in [6, 6.07) is 5.08. The third kappa shape index (κ3) is 7.50. The van der Waals surface area contributed by atoms with Crippen molar-refractivity contribution in [2.75, 3.05) is 26.4 Å². The van der Waals surface area contributed by atoms with Crippen LogP contribution in [0.25, 0.3) is 6.08 Å². The highest BCUT2D eigenvalue weighted by atomic mass is 35.5. The molecule has 0 aromatic heterocycles. The molecule has 2 N–H and O–H groups in total. The Morgan fingerprint density at radius 2 is 1.95 bits per heavy atom. The van der Waals surface area contributed by atoms with Crippen LogP contribution in [0.15, 0.2) is 24.3 Å². The Morgan fingerprint density at radius 1 is 1.25 bits per heavy atom. The summed E-state index contributed by atoms with van der Waals surface area (Å²) in [5.41, 5.74) is 0.768. The number of ether oxygens (including phenoxy) is 1. The molecule has 4 nitrogen and oxygen atoms in total. The minimum absolute atomic E-state index is 0.0112. The number of nitrogens with one attached hydrogen (secondary N) is 1. The number of hydrogen-bond donors (Lipinski definition) is 2. The third-order valence-electron chi connectivity index (χ3n) is 2.31. The van der Waals surface area contributed by atoms with Crippen LogP contribution in [-0.2, 0) is 9.53 Å². The van der Waals surface area contributed by atoms with Gasteiger partial charge in [-0.2, -0.15) is 0 Å². The molecule has 110 valence electrons. The maximum atomic E-state index is 11.5. The summed E-state index contributed by atoms with van der Waals surface area (Å²) in [6.07, 6.45) is 3.77. The van der Waals surface area contributed by atoms with Crippen LogP contribution in [0, 0.1) is 0 Å². The molecule has 0 aliphatic carbocycles. The summed E-state index contributed by atoms with van der Waals surface area (Å²) in [5.74, 6) is -0.191. The topological polar surface area (TPSA) is 58.6 Å². The van der Waals surface area contributed by atoms with Crippen LogP contribution in [0.1, 0.15) is 12.0 Å². The Kier molecular flexibility index (Phi) is 8.30. The average molecular weight is 318 g/mol. The highest BCUT2D eigenvalue weighted by Crippen LogP contribution is 2.19. The van der Waals surface area contributed by atoms with Crippen molar-refractivity contribution in [1.29, 1.82) is 0 Å². The molecule has 0 unspecified atom stereocenters. The highest BCUT2D eigenvalue weighted by molar-refractivity contribution is 6.34. The van der Waals surface area contributed by atoms with Gasteiger partial charge in [0.1, 0.15) is 0 Å². The van der Waals surface area contributed by atoms with Gasteiger partial charge in [-0.05, 0) is 36.3 Å². The second kappa shape index (κ2) is 9.77. The Morgan fingerprint density at radius 3 is 2.60 bits per heavy atom. The van der Waals surface area contributed by atoms with Gasteiger partial charge in [0.25, 0.3) is 0 Å². The summed E-state index contributed by atoms with van der Waals surface area (Å²) in [5, 5.41) is 12.3. The first-order chi connectivity index (χ1) is 9.61. The molecule has 0 fully saturated rings. The first-order valence-corrected chi connectivity index (χ1v) is 6.98. The van der Waals surface area contributed by atoms with Crippen LogP contribution in [0.5, 0.6) is 0 Å². The second-order valence-corrected chi connectivity index (χ2v) is 4.89. The summed E-state index contributed by atoms with van der Waals surface area (Å²) >= 11 is 11.7. The second-order valence-electron chi connectivity index (χ2n) is 4.02. The number of aliphatic hydroxyl groups is 1. The number of aliphatic hydroxyl groups excluding tert-OH is 1. The lowest BCUT2D eigenvalue weighted by Crippen LogP contribution is -2.23. The Labute approximate surface area is 128 Å². The monoisotopic (exact) mass is 317 g/mol. The molecular formula is C14H17Cl2NO3. The Hall–Kier alpha value is -1.07. The quantitative estimate of drug-likeness (QED) is 0.572. The number of rotatable bonds is 8. The van der Waals surface area contributed by atoms with E-state index in [0.29, 0.717) is 36.2 Å². The SMILES string of the molecule is O=C(/C=C/c1cc(Cl)cc(Cl)c1)NCCCOCCO. The lowest BCUT2D eigenvalue weighted by atomic mass is 10.2. The molecule has 1 aromatic rings. The number of halogens is 2. The van der Waals surface area contributed by atoms with Crippen LogP contribution in [-0.4, -0.2) is 37.4 Å². The number of hydrogen-bond acceptors (Lipinski definition) is 3. The summed E-state index contributed by atoms with van der Waals surface area (Å²) in [7, 11) is 0. The third-order valence-corrected chi connectivity index (χ3v) is 2.75. The predicted octanol–water partition coefficient (Wildman–Crippen LogP) is 2.52. The molecule has 1 amide bonds. The van der Waals surface area contributed by atoms with Gasteiger partial charge >= 0.3 is 0 Å². The zero-order valence-electron chi connectivity index (χ0n) is 10.9. The molecule has 1 rings (SSSR count). The molecule has 0 bridgehead atoms. The van der Waals surface area contributed by atoms with Crippen molar-refractivity contribution in [3.63, 3.8) is 0 Å². The summed E-state index contributed by atoms with van der Waals surface area (Å²) in [4.78, 5) is 11.5. The van der Waals surface area contributed by atoms with Gasteiger partial charge in [0.05, 0.1) is 13.2 Å². The molecular weight excluding hydrogens is 301 g/mol. The molecule has 0 aliphatic rings. The van der Waals surface area contributed by atoms with E-state index in [-0.39, 0.29) is 12.5 Å². The normalized spacial score (nSPS) is 10.9. The summed E-state index contributed by atoms with van der Waals surface area (Å²) in [6.45, 7) is 1.36. The lowest BCUT2D eigenvalue weighted by Gasteiger charge is -2.03. The molecule has 0 saturated carbocycles. The van der Waals surface area contributed by atoms with Gasteiger partial charge in [0.15, 0.2) is 0 Å². The van der Waals surface area contributed by atoms with Crippen molar-refractivity contribution < 1.29 is 14.6 Å². The molecule has 0 aliphatic heterocycles. The molecule has 0 heterocycles. The number of benzene rings is 1. The van der Waals surface area contributed by atoms with Gasteiger partial charge in [0.2, 0.25) is 5.91 Å². The smallest absolute Gasteiger partial charge is 0.244 e. The molecule has 0 radical (unpaired) electrons. The van der Waals surface area contributed by atoms with E-state index in [4.69, 9.17) is 33.0 Å². The van der Waals surface area contributed by atoms with Gasteiger partial charge in [-0.25, -0.2) is 0 Å². The van der Waals surface area contributed by atoms with Crippen LogP contribution in [0.4, 0.5) is 0 Å². The standard InChI is InChI=1S/C14H17Cl2NO3/c15-12-8-11(9-13(16)10-12)2-3-14(19)17-4-1-6-20-7-5-18/h2-3,8-10,18H,1,4-7H2,(H,17,19)/b3-2+. The zero-order valence-corrected chi connectivity index (χ0v) is 12.5. The van der Waals surface area contributed by atoms with E-state index < -0.39 is 0 Å². The van der Waals surface area contributed by atoms with E-state index in [0.717, 1.165) is 5.56 Å². The number of amides is 1. The van der Waals surface area contributed by atoms with E-state index in [2.05, 4.69) is 5.32 Å². The van der Waals surface area contributed by atoms with Gasteiger partial charge in [0, 0.05) is 29.3 Å². The maximum absolute atomic E-state index is 11.5. The lowest BCUT2D eigenvalue weighted by molar-refractivity contribution is -0.116. The number of carbonyl (C=O) groups excluding carboxylic acids is 1. The average Bonchev–Trinajstić information content (AvgIpc) is 2.39. The Balaban J connectivity index is 2.29. The predicted molar refractivity (Wildman–Crippen MR) is 81.0 cm³/mol. The first kappa shape index (κ1) is 17.0. The van der Waals surface area contributed by atoms with Crippen molar-refractivity contribution in [3.8, 4) is 0 Å². The Bertz CT molecular complexity index is 443. The van der Waals surface area contributed by atoms with Crippen molar-refractivity contribution >= 4 is 35.2 Å². The largest absolute Gasteiger partial charge is 0.394 e. The van der Waals surface area contributed by atoms with Crippen LogP contribution in [0.2, 0.25) is 10.0 Å². The van der Waals surface area contributed by atoms with Crippen molar-refractivity contribution in [2.24, 2.45) is 0 Å². The van der Waals surface area contributed by atoms with Crippen molar-refractivity contribution in [1.82, 2.24) is 5.32 Å². The van der Waals surface area contributed by atoms with E-state index in [1.165, 1.54) is 6.08 Å². The van der Waals surface area contributed by atoms with Crippen LogP contribution >= 0.6 is 23.2 Å². The highest BCUT2D eigenvalue weighted by Gasteiger charge is 1.97. The van der Waals surface area contributed by atoms with E-state index in [1.54, 1.807) is 24.3 Å². The molecule has 1 aromatic carbocycles. The molecule has 20 heavy (non-hydrogen) atoms.